The number of hydrogen-bond donors (Lipinski definition) is 0. The number of piperazine rings is 1. The normalized spacial score (nSPS) is 19.8. The van der Waals surface area contributed by atoms with Gasteiger partial charge in [0.2, 0.25) is 15.9 Å². The number of hydrogen-bond acceptors (Lipinski definition) is 4. The van der Waals surface area contributed by atoms with Crippen LogP contribution in [0.2, 0.25) is 5.02 Å². The van der Waals surface area contributed by atoms with E-state index in [-0.39, 0.29) is 11.9 Å². The Morgan fingerprint density at radius 3 is 2.37 bits per heavy atom. The Morgan fingerprint density at radius 1 is 1.07 bits per heavy atom. The summed E-state index contributed by atoms with van der Waals surface area (Å²) in [6.07, 6.45) is 1.11. The topological polar surface area (TPSA) is 60.9 Å². The lowest BCUT2D eigenvalue weighted by Crippen LogP contribution is -2.48. The van der Waals surface area contributed by atoms with Crippen molar-refractivity contribution in [3.63, 3.8) is 0 Å². The summed E-state index contributed by atoms with van der Waals surface area (Å²) >= 11 is 5.96. The Labute approximate surface area is 183 Å². The van der Waals surface area contributed by atoms with E-state index in [1.54, 1.807) is 27.4 Å². The number of amides is 1. The maximum Gasteiger partial charge on any atom is 0.243 e. The average molecular weight is 448 g/mol. The molecule has 4 rings (SSSR count). The zero-order chi connectivity index (χ0) is 21.5. The summed E-state index contributed by atoms with van der Waals surface area (Å²) in [5, 5.41) is 0.685. The molecule has 1 atom stereocenters. The molecule has 1 amide bonds. The molecule has 160 valence electrons. The molecule has 0 saturated carbocycles. The number of rotatable bonds is 4. The molecular formula is C22H26ClN3O3S. The fraction of sp³-hybridized carbons (Fsp3) is 0.409. The van der Waals surface area contributed by atoms with Gasteiger partial charge >= 0.3 is 0 Å². The van der Waals surface area contributed by atoms with Gasteiger partial charge in [-0.1, -0.05) is 18.5 Å². The Kier molecular flexibility index (Phi) is 5.79. The second-order valence-corrected chi connectivity index (χ2v) is 10.2. The van der Waals surface area contributed by atoms with Gasteiger partial charge in [-0.25, -0.2) is 8.42 Å². The number of carbonyl (C=O) groups excluding carboxylic acids is 1. The molecule has 0 radical (unpaired) electrons. The minimum absolute atomic E-state index is 0.0494. The predicted octanol–water partition coefficient (Wildman–Crippen LogP) is 3.54. The van der Waals surface area contributed by atoms with Crippen LogP contribution in [-0.2, 0) is 21.2 Å². The van der Waals surface area contributed by atoms with Crippen molar-refractivity contribution in [1.82, 2.24) is 4.31 Å². The predicted molar refractivity (Wildman–Crippen MR) is 120 cm³/mol. The van der Waals surface area contributed by atoms with Crippen LogP contribution in [0.4, 0.5) is 11.4 Å². The molecule has 30 heavy (non-hydrogen) atoms. The fourth-order valence-electron chi connectivity index (χ4n) is 4.31. The van der Waals surface area contributed by atoms with Crippen LogP contribution in [0.25, 0.3) is 0 Å². The molecule has 0 spiro atoms. The summed E-state index contributed by atoms with van der Waals surface area (Å²) in [6, 6.07) is 12.8. The number of nitrogens with zero attached hydrogens (tertiary/aromatic N) is 3. The van der Waals surface area contributed by atoms with Gasteiger partial charge in [0.1, 0.15) is 0 Å². The largest absolute Gasteiger partial charge is 0.369 e. The third kappa shape index (κ3) is 3.82. The van der Waals surface area contributed by atoms with E-state index in [4.69, 9.17) is 11.6 Å². The van der Waals surface area contributed by atoms with Gasteiger partial charge in [0, 0.05) is 55.0 Å². The Bertz CT molecular complexity index is 1050. The molecule has 0 N–H and O–H groups in total. The number of anilines is 2. The first-order valence-corrected chi connectivity index (χ1v) is 12.1. The number of benzene rings is 2. The van der Waals surface area contributed by atoms with Crippen molar-refractivity contribution in [2.45, 2.75) is 37.6 Å². The van der Waals surface area contributed by atoms with Gasteiger partial charge < -0.3 is 9.80 Å². The number of sulfonamides is 1. The SMILES string of the molecule is CCC(=O)N1c2ccc(S(=O)(=O)N3CCN(c4ccc(Cl)cc4)CC3)cc2CC1C. The van der Waals surface area contributed by atoms with Crippen molar-refractivity contribution in [2.75, 3.05) is 36.0 Å². The molecule has 1 fully saturated rings. The Hall–Kier alpha value is -2.09. The van der Waals surface area contributed by atoms with Crippen LogP contribution < -0.4 is 9.80 Å². The molecule has 0 bridgehead atoms. The first-order valence-electron chi connectivity index (χ1n) is 10.3. The molecule has 0 aromatic heterocycles. The number of carbonyl (C=O) groups is 1. The number of halogens is 1. The smallest absolute Gasteiger partial charge is 0.243 e. The van der Waals surface area contributed by atoms with Crippen LogP contribution in [0.3, 0.4) is 0 Å². The maximum absolute atomic E-state index is 13.2. The molecule has 2 aromatic rings. The summed E-state index contributed by atoms with van der Waals surface area (Å²) in [5.41, 5.74) is 2.80. The molecule has 2 aliphatic rings. The third-order valence-electron chi connectivity index (χ3n) is 5.91. The van der Waals surface area contributed by atoms with Gasteiger partial charge in [-0.2, -0.15) is 4.31 Å². The zero-order valence-corrected chi connectivity index (χ0v) is 18.8. The van der Waals surface area contributed by atoms with Crippen LogP contribution in [0, 0.1) is 0 Å². The Balaban J connectivity index is 1.50. The minimum atomic E-state index is -3.57. The van der Waals surface area contributed by atoms with Crippen molar-refractivity contribution in [2.24, 2.45) is 0 Å². The van der Waals surface area contributed by atoms with Crippen LogP contribution in [0.15, 0.2) is 47.4 Å². The van der Waals surface area contributed by atoms with Crippen molar-refractivity contribution in [3.8, 4) is 0 Å². The van der Waals surface area contributed by atoms with Gasteiger partial charge in [0.05, 0.1) is 4.90 Å². The van der Waals surface area contributed by atoms with Crippen LogP contribution in [-0.4, -0.2) is 50.9 Å². The lowest BCUT2D eigenvalue weighted by molar-refractivity contribution is -0.118. The summed E-state index contributed by atoms with van der Waals surface area (Å²) in [7, 11) is -3.57. The van der Waals surface area contributed by atoms with Gasteiger partial charge in [-0.3, -0.25) is 4.79 Å². The average Bonchev–Trinajstić information content (AvgIpc) is 3.08. The van der Waals surface area contributed by atoms with Crippen molar-refractivity contribution in [1.29, 1.82) is 0 Å². The lowest BCUT2D eigenvalue weighted by atomic mass is 10.1. The minimum Gasteiger partial charge on any atom is -0.369 e. The Morgan fingerprint density at radius 2 is 1.73 bits per heavy atom. The van der Waals surface area contributed by atoms with E-state index >= 15 is 0 Å². The summed E-state index contributed by atoms with van der Waals surface area (Å²) < 4.78 is 28.0. The molecule has 6 nitrogen and oxygen atoms in total. The first kappa shape index (κ1) is 21.2. The summed E-state index contributed by atoms with van der Waals surface area (Å²) in [5.74, 6) is 0.0650. The quantitative estimate of drug-likeness (QED) is 0.719. The molecule has 1 unspecified atom stereocenters. The highest BCUT2D eigenvalue weighted by molar-refractivity contribution is 7.89. The molecular weight excluding hydrogens is 422 g/mol. The van der Waals surface area contributed by atoms with E-state index in [2.05, 4.69) is 4.90 Å². The highest BCUT2D eigenvalue weighted by atomic mass is 35.5. The second kappa shape index (κ2) is 8.21. The summed E-state index contributed by atoms with van der Waals surface area (Å²) in [6.45, 7) is 5.95. The lowest BCUT2D eigenvalue weighted by Gasteiger charge is -2.35. The maximum atomic E-state index is 13.2. The van der Waals surface area contributed by atoms with E-state index in [0.29, 0.717) is 48.9 Å². The van der Waals surface area contributed by atoms with Gasteiger partial charge in [-0.05, 0) is 61.4 Å². The van der Waals surface area contributed by atoms with E-state index in [1.807, 2.05) is 38.1 Å². The molecule has 0 aliphatic carbocycles. The van der Waals surface area contributed by atoms with Crippen LogP contribution >= 0.6 is 11.6 Å². The highest BCUT2D eigenvalue weighted by Gasteiger charge is 2.33. The van der Waals surface area contributed by atoms with E-state index in [9.17, 15) is 13.2 Å². The fourth-order valence-corrected chi connectivity index (χ4v) is 5.91. The van der Waals surface area contributed by atoms with Crippen molar-refractivity contribution in [3.05, 3.63) is 53.1 Å². The molecule has 2 aliphatic heterocycles. The number of fused-ring (bicyclic) bond motifs is 1. The highest BCUT2D eigenvalue weighted by Crippen LogP contribution is 2.35. The van der Waals surface area contributed by atoms with Crippen LogP contribution in [0.5, 0.6) is 0 Å². The van der Waals surface area contributed by atoms with Crippen molar-refractivity contribution >= 4 is 38.9 Å². The first-order chi connectivity index (χ1) is 14.3. The zero-order valence-electron chi connectivity index (χ0n) is 17.2. The van der Waals surface area contributed by atoms with E-state index < -0.39 is 10.0 Å². The third-order valence-corrected chi connectivity index (χ3v) is 8.05. The molecule has 2 aromatic carbocycles. The van der Waals surface area contributed by atoms with Gasteiger partial charge in [0.25, 0.3) is 0 Å². The molecule has 2 heterocycles. The monoisotopic (exact) mass is 447 g/mol. The van der Waals surface area contributed by atoms with Crippen LogP contribution in [0.1, 0.15) is 25.8 Å². The van der Waals surface area contributed by atoms with E-state index in [0.717, 1.165) is 16.9 Å². The van der Waals surface area contributed by atoms with Gasteiger partial charge in [0.15, 0.2) is 0 Å². The van der Waals surface area contributed by atoms with Gasteiger partial charge in [-0.15, -0.1) is 0 Å². The molecule has 1 saturated heterocycles. The van der Waals surface area contributed by atoms with Crippen molar-refractivity contribution < 1.29 is 13.2 Å². The second-order valence-electron chi connectivity index (χ2n) is 7.83. The summed E-state index contributed by atoms with van der Waals surface area (Å²) in [4.78, 5) is 16.5. The standard InChI is InChI=1S/C22H26ClN3O3S/c1-3-22(27)26-16(2)14-17-15-20(8-9-21(17)26)30(28,29)25-12-10-24(11-13-25)19-6-4-18(23)5-7-19/h4-9,15-16H,3,10-14H2,1-2H3. The van der Waals surface area contributed by atoms with E-state index in [1.165, 1.54) is 0 Å². The molecule has 8 heteroatoms.